The van der Waals surface area contributed by atoms with Gasteiger partial charge in [0.25, 0.3) is 0 Å². The number of ether oxygens (including phenoxy) is 1. The molecule has 0 saturated heterocycles. The third kappa shape index (κ3) is 4.04. The Morgan fingerprint density at radius 1 is 1.19 bits per heavy atom. The molecule has 1 heterocycles. The summed E-state index contributed by atoms with van der Waals surface area (Å²) < 4.78 is 6.70. The van der Waals surface area contributed by atoms with Crippen molar-refractivity contribution in [3.63, 3.8) is 0 Å². The van der Waals surface area contributed by atoms with Crippen LogP contribution in [0.5, 0.6) is 11.8 Å². The van der Waals surface area contributed by atoms with Crippen LogP contribution in [0.15, 0.2) is 22.7 Å². The molecule has 1 aromatic carbocycles. The van der Waals surface area contributed by atoms with Crippen molar-refractivity contribution in [1.82, 2.24) is 15.0 Å². The molecule has 21 heavy (non-hydrogen) atoms. The van der Waals surface area contributed by atoms with Crippen LogP contribution in [0, 0.1) is 6.92 Å². The first-order valence-electron chi connectivity index (χ1n) is 6.64. The van der Waals surface area contributed by atoms with Gasteiger partial charge in [0, 0.05) is 17.6 Å². The van der Waals surface area contributed by atoms with Gasteiger partial charge in [-0.3, -0.25) is 0 Å². The predicted molar refractivity (Wildman–Crippen MR) is 87.4 cm³/mol. The molecule has 0 aliphatic rings. The molecular formula is C14H16BrClN4O. The van der Waals surface area contributed by atoms with Crippen LogP contribution in [-0.2, 0) is 0 Å². The van der Waals surface area contributed by atoms with Gasteiger partial charge in [-0.15, -0.1) is 0 Å². The number of aromatic nitrogens is 3. The van der Waals surface area contributed by atoms with Crippen molar-refractivity contribution in [3.8, 4) is 11.8 Å². The highest BCUT2D eigenvalue weighted by Crippen LogP contribution is 2.25. The van der Waals surface area contributed by atoms with Gasteiger partial charge in [0.15, 0.2) is 0 Å². The van der Waals surface area contributed by atoms with E-state index in [4.69, 9.17) is 16.3 Å². The highest BCUT2D eigenvalue weighted by Gasteiger charge is 2.12. The molecule has 5 nitrogen and oxygen atoms in total. The van der Waals surface area contributed by atoms with Gasteiger partial charge in [0.05, 0.1) is 0 Å². The second-order valence-electron chi connectivity index (χ2n) is 4.37. The molecular weight excluding hydrogens is 356 g/mol. The fourth-order valence-electron chi connectivity index (χ4n) is 1.80. The van der Waals surface area contributed by atoms with Crippen molar-refractivity contribution < 1.29 is 4.74 Å². The SMILES string of the molecule is CCN(CC)c1nc(Cl)nc(Oc2ccc(Br)c(C)c2)n1. The molecule has 0 N–H and O–H groups in total. The maximum Gasteiger partial charge on any atom is 0.328 e. The Hall–Kier alpha value is -1.40. The first-order chi connectivity index (χ1) is 10.0. The van der Waals surface area contributed by atoms with Crippen molar-refractivity contribution in [2.24, 2.45) is 0 Å². The van der Waals surface area contributed by atoms with Crippen molar-refractivity contribution in [1.29, 1.82) is 0 Å². The first-order valence-corrected chi connectivity index (χ1v) is 7.81. The highest BCUT2D eigenvalue weighted by atomic mass is 79.9. The summed E-state index contributed by atoms with van der Waals surface area (Å²) in [5.74, 6) is 1.17. The van der Waals surface area contributed by atoms with Crippen LogP contribution in [-0.4, -0.2) is 28.0 Å². The molecule has 0 unspecified atom stereocenters. The zero-order valence-electron chi connectivity index (χ0n) is 12.1. The van der Waals surface area contributed by atoms with E-state index >= 15 is 0 Å². The van der Waals surface area contributed by atoms with E-state index in [0.29, 0.717) is 11.7 Å². The van der Waals surface area contributed by atoms with Crippen LogP contribution in [0.2, 0.25) is 5.28 Å². The Labute approximate surface area is 137 Å². The lowest BCUT2D eigenvalue weighted by atomic mass is 10.2. The molecule has 0 fully saturated rings. The number of halogens is 2. The molecule has 112 valence electrons. The van der Waals surface area contributed by atoms with E-state index in [1.165, 1.54) is 0 Å². The molecule has 0 radical (unpaired) electrons. The van der Waals surface area contributed by atoms with Gasteiger partial charge in [-0.25, -0.2) is 0 Å². The molecule has 1 aromatic heterocycles. The monoisotopic (exact) mass is 370 g/mol. The maximum absolute atomic E-state index is 5.95. The summed E-state index contributed by atoms with van der Waals surface area (Å²) >= 11 is 9.41. The normalized spacial score (nSPS) is 10.5. The van der Waals surface area contributed by atoms with E-state index in [9.17, 15) is 0 Å². The van der Waals surface area contributed by atoms with Crippen LogP contribution in [0.4, 0.5) is 5.95 Å². The second-order valence-corrected chi connectivity index (χ2v) is 5.56. The summed E-state index contributed by atoms with van der Waals surface area (Å²) in [5, 5.41) is 0.121. The number of hydrogen-bond donors (Lipinski definition) is 0. The van der Waals surface area contributed by atoms with Gasteiger partial charge < -0.3 is 9.64 Å². The number of benzene rings is 1. The third-order valence-corrected chi connectivity index (χ3v) is 4.02. The van der Waals surface area contributed by atoms with E-state index < -0.39 is 0 Å². The summed E-state index contributed by atoms with van der Waals surface area (Å²) in [5.41, 5.74) is 1.07. The molecule has 2 aromatic rings. The lowest BCUT2D eigenvalue weighted by Gasteiger charge is -2.18. The average Bonchev–Trinajstić information content (AvgIpc) is 2.44. The Kier molecular flexibility index (Phi) is 5.36. The minimum atomic E-state index is 0.121. The van der Waals surface area contributed by atoms with Gasteiger partial charge in [0.2, 0.25) is 11.2 Å². The Bertz CT molecular complexity index is 634. The van der Waals surface area contributed by atoms with E-state index in [-0.39, 0.29) is 11.3 Å². The average molecular weight is 372 g/mol. The summed E-state index contributed by atoms with van der Waals surface area (Å²) in [6.45, 7) is 7.61. The number of aryl methyl sites for hydroxylation is 1. The van der Waals surface area contributed by atoms with Gasteiger partial charge in [-0.2, -0.15) is 15.0 Å². The zero-order valence-corrected chi connectivity index (χ0v) is 14.4. The summed E-state index contributed by atoms with van der Waals surface area (Å²) in [4.78, 5) is 14.4. The van der Waals surface area contributed by atoms with Crippen molar-refractivity contribution >= 4 is 33.5 Å². The van der Waals surface area contributed by atoms with Gasteiger partial charge >= 0.3 is 6.01 Å². The van der Waals surface area contributed by atoms with Crippen molar-refractivity contribution in [2.45, 2.75) is 20.8 Å². The first kappa shape index (κ1) is 16.0. The number of anilines is 1. The second kappa shape index (κ2) is 7.04. The quantitative estimate of drug-likeness (QED) is 0.787. The molecule has 0 aliphatic heterocycles. The molecule has 0 aliphatic carbocycles. The minimum Gasteiger partial charge on any atom is -0.424 e. The number of nitrogens with zero attached hydrogens (tertiary/aromatic N) is 4. The summed E-state index contributed by atoms with van der Waals surface area (Å²) in [6, 6.07) is 5.85. The molecule has 0 atom stereocenters. The molecule has 0 saturated carbocycles. The predicted octanol–water partition coefficient (Wildman–Crippen LogP) is 4.23. The Morgan fingerprint density at radius 2 is 1.90 bits per heavy atom. The summed E-state index contributed by atoms with van der Waals surface area (Å²) in [7, 11) is 0. The van der Waals surface area contributed by atoms with Gasteiger partial charge in [-0.1, -0.05) is 15.9 Å². The largest absolute Gasteiger partial charge is 0.424 e. The van der Waals surface area contributed by atoms with Crippen molar-refractivity contribution in [2.75, 3.05) is 18.0 Å². The summed E-state index contributed by atoms with van der Waals surface area (Å²) in [6.07, 6.45) is 0. The minimum absolute atomic E-state index is 0.121. The van der Waals surface area contributed by atoms with Gasteiger partial charge in [-0.05, 0) is 56.1 Å². The highest BCUT2D eigenvalue weighted by molar-refractivity contribution is 9.10. The van der Waals surface area contributed by atoms with Gasteiger partial charge in [0.1, 0.15) is 5.75 Å². The van der Waals surface area contributed by atoms with Crippen LogP contribution in [0.3, 0.4) is 0 Å². The number of hydrogen-bond acceptors (Lipinski definition) is 5. The van der Waals surface area contributed by atoms with Crippen LogP contribution in [0.25, 0.3) is 0 Å². The lowest BCUT2D eigenvalue weighted by molar-refractivity contribution is 0.438. The van der Waals surface area contributed by atoms with E-state index in [1.54, 1.807) is 0 Å². The topological polar surface area (TPSA) is 51.1 Å². The molecule has 0 amide bonds. The van der Waals surface area contributed by atoms with Crippen LogP contribution < -0.4 is 9.64 Å². The van der Waals surface area contributed by atoms with E-state index in [2.05, 4.69) is 30.9 Å². The fraction of sp³-hybridized carbons (Fsp3) is 0.357. The maximum atomic E-state index is 5.95. The smallest absolute Gasteiger partial charge is 0.328 e. The third-order valence-electron chi connectivity index (χ3n) is 2.96. The number of rotatable bonds is 5. The molecule has 2 rings (SSSR count). The van der Waals surface area contributed by atoms with Crippen molar-refractivity contribution in [3.05, 3.63) is 33.5 Å². The molecule has 0 spiro atoms. The Morgan fingerprint density at radius 3 is 2.52 bits per heavy atom. The fourth-order valence-corrected chi connectivity index (χ4v) is 2.20. The van der Waals surface area contributed by atoms with Crippen LogP contribution >= 0.6 is 27.5 Å². The molecule has 0 bridgehead atoms. The Balaban J connectivity index is 2.29. The molecule has 7 heteroatoms. The van der Waals surface area contributed by atoms with E-state index in [0.717, 1.165) is 23.1 Å². The standard InChI is InChI=1S/C14H16BrClN4O/c1-4-20(5-2)13-17-12(16)18-14(19-13)21-10-6-7-11(15)9(3)8-10/h6-8H,4-5H2,1-3H3. The van der Waals surface area contributed by atoms with E-state index in [1.807, 2.05) is 43.9 Å². The van der Waals surface area contributed by atoms with Crippen LogP contribution in [0.1, 0.15) is 19.4 Å². The lowest BCUT2D eigenvalue weighted by Crippen LogP contribution is -2.24. The zero-order chi connectivity index (χ0) is 15.4.